The van der Waals surface area contributed by atoms with Crippen LogP contribution in [0.15, 0.2) is 12.4 Å². The first-order valence-corrected chi connectivity index (χ1v) is 4.36. The van der Waals surface area contributed by atoms with E-state index in [1.807, 2.05) is 21.0 Å². The van der Waals surface area contributed by atoms with Gasteiger partial charge in [0.2, 0.25) is 0 Å². The number of nitrogens with zero attached hydrogens (tertiary/aromatic N) is 3. The molecule has 0 aliphatic rings. The number of hydrogen-bond acceptors (Lipinski definition) is 4. The molecule has 1 aromatic heterocycles. The number of nitrogens with one attached hydrogen (secondary N) is 1. The van der Waals surface area contributed by atoms with Gasteiger partial charge in [0.25, 0.3) is 0 Å². The third-order valence-corrected chi connectivity index (χ3v) is 1.73. The van der Waals surface area contributed by atoms with Crippen molar-refractivity contribution in [2.75, 3.05) is 32.5 Å². The molecule has 0 amide bonds. The predicted octanol–water partition coefficient (Wildman–Crippen LogP) is 0.759. The lowest BCUT2D eigenvalue weighted by molar-refractivity contribution is 0.425. The largest absolute Gasteiger partial charge is 0.367 e. The van der Waals surface area contributed by atoms with E-state index in [0.29, 0.717) is 0 Å². The summed E-state index contributed by atoms with van der Waals surface area (Å²) in [5.41, 5.74) is 0.946. The Morgan fingerprint density at radius 3 is 2.62 bits per heavy atom. The van der Waals surface area contributed by atoms with Crippen molar-refractivity contribution in [3.05, 3.63) is 18.1 Å². The van der Waals surface area contributed by atoms with E-state index in [0.717, 1.165) is 24.6 Å². The highest BCUT2D eigenvalue weighted by Gasteiger charge is 1.97. The molecule has 0 aliphatic carbocycles. The molecule has 1 aromatic rings. The highest BCUT2D eigenvalue weighted by Crippen LogP contribution is 2.04. The summed E-state index contributed by atoms with van der Waals surface area (Å²) in [6, 6.07) is 0. The molecule has 1 rings (SSSR count). The van der Waals surface area contributed by atoms with Crippen molar-refractivity contribution in [3.8, 4) is 0 Å². The topological polar surface area (TPSA) is 41.1 Å². The first kappa shape index (κ1) is 9.92. The molecule has 0 radical (unpaired) electrons. The van der Waals surface area contributed by atoms with Crippen LogP contribution in [0.1, 0.15) is 5.69 Å². The van der Waals surface area contributed by atoms with Crippen molar-refractivity contribution in [2.24, 2.45) is 0 Å². The van der Waals surface area contributed by atoms with Crippen molar-refractivity contribution < 1.29 is 0 Å². The van der Waals surface area contributed by atoms with E-state index in [9.17, 15) is 0 Å². The SMILES string of the molecule is Cc1nccnc1NCCN(C)C. The molecule has 1 N–H and O–H groups in total. The number of rotatable bonds is 4. The lowest BCUT2D eigenvalue weighted by Gasteiger charge is -2.11. The third-order valence-electron chi connectivity index (χ3n) is 1.73. The van der Waals surface area contributed by atoms with E-state index in [4.69, 9.17) is 0 Å². The average molecular weight is 180 g/mol. The molecular weight excluding hydrogens is 164 g/mol. The number of hydrogen-bond donors (Lipinski definition) is 1. The Morgan fingerprint density at radius 1 is 1.31 bits per heavy atom. The lowest BCUT2D eigenvalue weighted by Crippen LogP contribution is -2.21. The Balaban J connectivity index is 2.41. The number of anilines is 1. The van der Waals surface area contributed by atoms with Crippen LogP contribution < -0.4 is 5.32 Å². The van der Waals surface area contributed by atoms with Gasteiger partial charge in [-0.25, -0.2) is 4.98 Å². The van der Waals surface area contributed by atoms with Crippen LogP contribution in [0.4, 0.5) is 5.82 Å². The van der Waals surface area contributed by atoms with Gasteiger partial charge in [-0.1, -0.05) is 0 Å². The van der Waals surface area contributed by atoms with E-state index in [1.165, 1.54) is 0 Å². The van der Waals surface area contributed by atoms with Gasteiger partial charge in [0.15, 0.2) is 0 Å². The second-order valence-corrected chi connectivity index (χ2v) is 3.22. The van der Waals surface area contributed by atoms with Gasteiger partial charge in [-0.3, -0.25) is 4.98 Å². The van der Waals surface area contributed by atoms with Gasteiger partial charge in [-0.2, -0.15) is 0 Å². The molecule has 13 heavy (non-hydrogen) atoms. The predicted molar refractivity (Wildman–Crippen MR) is 53.8 cm³/mol. The van der Waals surface area contributed by atoms with E-state index in [2.05, 4.69) is 20.2 Å². The molecule has 0 aromatic carbocycles. The molecular formula is C9H16N4. The Morgan fingerprint density at radius 2 is 2.00 bits per heavy atom. The maximum Gasteiger partial charge on any atom is 0.147 e. The van der Waals surface area contributed by atoms with Crippen LogP contribution in [-0.2, 0) is 0 Å². The van der Waals surface area contributed by atoms with Crippen molar-refractivity contribution in [3.63, 3.8) is 0 Å². The molecule has 0 saturated heterocycles. The number of aromatic nitrogens is 2. The summed E-state index contributed by atoms with van der Waals surface area (Å²) in [5.74, 6) is 0.879. The first-order valence-electron chi connectivity index (χ1n) is 4.36. The highest BCUT2D eigenvalue weighted by molar-refractivity contribution is 5.37. The van der Waals surface area contributed by atoms with Gasteiger partial charge < -0.3 is 10.2 Å². The van der Waals surface area contributed by atoms with Crippen molar-refractivity contribution >= 4 is 5.82 Å². The molecule has 0 bridgehead atoms. The fourth-order valence-electron chi connectivity index (χ4n) is 0.979. The second-order valence-electron chi connectivity index (χ2n) is 3.22. The molecule has 1 heterocycles. The zero-order valence-corrected chi connectivity index (χ0v) is 8.41. The highest BCUT2D eigenvalue weighted by atomic mass is 15.1. The maximum absolute atomic E-state index is 4.18. The van der Waals surface area contributed by atoms with Crippen LogP contribution in [0, 0.1) is 6.92 Å². The lowest BCUT2D eigenvalue weighted by atomic mass is 10.4. The summed E-state index contributed by atoms with van der Waals surface area (Å²) in [6.07, 6.45) is 3.40. The van der Waals surface area contributed by atoms with Gasteiger partial charge in [0.1, 0.15) is 5.82 Å². The average Bonchev–Trinajstić information content (AvgIpc) is 2.08. The smallest absolute Gasteiger partial charge is 0.147 e. The minimum atomic E-state index is 0.879. The van der Waals surface area contributed by atoms with E-state index >= 15 is 0 Å². The molecule has 4 heteroatoms. The van der Waals surface area contributed by atoms with E-state index < -0.39 is 0 Å². The van der Waals surface area contributed by atoms with Crippen molar-refractivity contribution in [1.29, 1.82) is 0 Å². The fourth-order valence-corrected chi connectivity index (χ4v) is 0.979. The standard InChI is InChI=1S/C9H16N4/c1-8-9(11-5-4-10-8)12-6-7-13(2)3/h4-5H,6-7H2,1-3H3,(H,11,12). The summed E-state index contributed by atoms with van der Waals surface area (Å²) in [5, 5.41) is 3.23. The molecule has 72 valence electrons. The van der Waals surface area contributed by atoms with Crippen molar-refractivity contribution in [2.45, 2.75) is 6.92 Å². The molecule has 0 saturated carbocycles. The molecule has 0 atom stereocenters. The first-order chi connectivity index (χ1) is 6.20. The Kier molecular flexibility index (Phi) is 3.64. The normalized spacial score (nSPS) is 10.5. The Hall–Kier alpha value is -1.16. The molecule has 4 nitrogen and oxygen atoms in total. The minimum absolute atomic E-state index is 0.879. The van der Waals surface area contributed by atoms with Crippen LogP contribution in [0.3, 0.4) is 0 Å². The fraction of sp³-hybridized carbons (Fsp3) is 0.556. The zero-order valence-electron chi connectivity index (χ0n) is 8.41. The van der Waals surface area contributed by atoms with E-state index in [-0.39, 0.29) is 0 Å². The van der Waals surface area contributed by atoms with Gasteiger partial charge in [-0.05, 0) is 21.0 Å². The van der Waals surface area contributed by atoms with Crippen LogP contribution in [0.5, 0.6) is 0 Å². The van der Waals surface area contributed by atoms with Crippen LogP contribution in [0.25, 0.3) is 0 Å². The van der Waals surface area contributed by atoms with Crippen LogP contribution >= 0.6 is 0 Å². The van der Waals surface area contributed by atoms with Gasteiger partial charge >= 0.3 is 0 Å². The number of aryl methyl sites for hydroxylation is 1. The van der Waals surface area contributed by atoms with Crippen LogP contribution in [-0.4, -0.2) is 42.1 Å². The van der Waals surface area contributed by atoms with Crippen LogP contribution in [0.2, 0.25) is 0 Å². The molecule has 0 aliphatic heterocycles. The molecule has 0 spiro atoms. The maximum atomic E-state index is 4.18. The van der Waals surface area contributed by atoms with E-state index in [1.54, 1.807) is 12.4 Å². The summed E-state index contributed by atoms with van der Waals surface area (Å²) in [6.45, 7) is 3.84. The van der Waals surface area contributed by atoms with Gasteiger partial charge in [0.05, 0.1) is 5.69 Å². The summed E-state index contributed by atoms with van der Waals surface area (Å²) < 4.78 is 0. The second kappa shape index (κ2) is 4.77. The quantitative estimate of drug-likeness (QED) is 0.742. The number of likely N-dealkylation sites (N-methyl/N-ethyl adjacent to an activating group) is 1. The molecule has 0 unspecified atom stereocenters. The Bertz CT molecular complexity index is 260. The summed E-state index contributed by atoms with van der Waals surface area (Å²) >= 11 is 0. The van der Waals surface area contributed by atoms with Crippen molar-refractivity contribution in [1.82, 2.24) is 14.9 Å². The summed E-state index contributed by atoms with van der Waals surface area (Å²) in [7, 11) is 4.09. The summed E-state index contributed by atoms with van der Waals surface area (Å²) in [4.78, 5) is 10.4. The monoisotopic (exact) mass is 180 g/mol. The third kappa shape index (κ3) is 3.38. The van der Waals surface area contributed by atoms with Gasteiger partial charge in [0, 0.05) is 25.5 Å². The molecule has 0 fully saturated rings. The van der Waals surface area contributed by atoms with Gasteiger partial charge in [-0.15, -0.1) is 0 Å². The minimum Gasteiger partial charge on any atom is -0.367 e. The zero-order chi connectivity index (χ0) is 9.68. The Labute approximate surface area is 79.0 Å².